The summed E-state index contributed by atoms with van der Waals surface area (Å²) in [6.07, 6.45) is 17.4. The minimum Gasteiger partial charge on any atom is -0.204 e. The van der Waals surface area contributed by atoms with Gasteiger partial charge < -0.3 is 0 Å². The van der Waals surface area contributed by atoms with Crippen LogP contribution >= 0.6 is 0 Å². The summed E-state index contributed by atoms with van der Waals surface area (Å²) in [6.45, 7) is 2.29. The molecule has 0 spiro atoms. The highest BCUT2D eigenvalue weighted by molar-refractivity contribution is 5.37. The van der Waals surface area contributed by atoms with Crippen LogP contribution in [0.1, 0.15) is 76.7 Å². The van der Waals surface area contributed by atoms with Crippen molar-refractivity contribution in [1.29, 1.82) is 0 Å². The van der Waals surface area contributed by atoms with Gasteiger partial charge in [-0.1, -0.05) is 50.5 Å². The molecule has 0 nitrogen and oxygen atoms in total. The van der Waals surface area contributed by atoms with Crippen molar-refractivity contribution >= 4 is 0 Å². The molecule has 28 heavy (non-hydrogen) atoms. The lowest BCUT2D eigenvalue weighted by atomic mass is 9.69. The zero-order valence-electron chi connectivity index (χ0n) is 16.8. The van der Waals surface area contributed by atoms with Gasteiger partial charge in [-0.15, -0.1) is 0 Å². The molecule has 0 atom stereocenters. The van der Waals surface area contributed by atoms with E-state index in [1.165, 1.54) is 64.2 Å². The Morgan fingerprint density at radius 3 is 2.04 bits per heavy atom. The molecule has 152 valence electrons. The first-order valence-corrected chi connectivity index (χ1v) is 10.9. The number of rotatable bonds is 4. The zero-order chi connectivity index (χ0) is 19.9. The quantitative estimate of drug-likeness (QED) is 0.372. The Hall–Kier alpha value is -1.69. The van der Waals surface area contributed by atoms with E-state index in [-0.39, 0.29) is 5.56 Å². The van der Waals surface area contributed by atoms with E-state index < -0.39 is 17.5 Å². The number of benzene rings is 1. The van der Waals surface area contributed by atoms with Gasteiger partial charge in [0.1, 0.15) is 0 Å². The van der Waals surface area contributed by atoms with E-state index in [1.54, 1.807) is 6.08 Å². The first-order valence-electron chi connectivity index (χ1n) is 10.9. The topological polar surface area (TPSA) is 0 Å². The van der Waals surface area contributed by atoms with Crippen molar-refractivity contribution in [3.05, 3.63) is 47.3 Å². The van der Waals surface area contributed by atoms with Crippen LogP contribution in [0.15, 0.2) is 24.3 Å². The molecule has 3 heteroatoms. The van der Waals surface area contributed by atoms with E-state index in [2.05, 4.69) is 24.8 Å². The molecule has 0 aliphatic heterocycles. The summed E-state index contributed by atoms with van der Waals surface area (Å²) in [5.41, 5.74) is 0.156. The lowest BCUT2D eigenvalue weighted by Crippen LogP contribution is -2.25. The third-order valence-electron chi connectivity index (χ3n) is 6.72. The molecule has 0 heterocycles. The first kappa shape index (κ1) is 21.0. The molecule has 0 bridgehead atoms. The molecule has 0 saturated heterocycles. The van der Waals surface area contributed by atoms with Gasteiger partial charge >= 0.3 is 0 Å². The predicted molar refractivity (Wildman–Crippen MR) is 108 cm³/mol. The molecule has 0 unspecified atom stereocenters. The van der Waals surface area contributed by atoms with E-state index in [0.717, 1.165) is 29.9 Å². The highest BCUT2D eigenvalue weighted by atomic mass is 19.2. The van der Waals surface area contributed by atoms with E-state index >= 15 is 0 Å². The Morgan fingerprint density at radius 2 is 1.46 bits per heavy atom. The normalized spacial score (nSPS) is 28.1. The minimum atomic E-state index is -1.45. The third-order valence-corrected chi connectivity index (χ3v) is 6.72. The van der Waals surface area contributed by atoms with Crippen LogP contribution < -0.4 is 0 Å². The molecule has 3 rings (SSSR count). The highest BCUT2D eigenvalue weighted by Gasteiger charge is 2.29. The summed E-state index contributed by atoms with van der Waals surface area (Å²) in [5, 5.41) is 0. The number of allylic oxidation sites excluding steroid dienone is 2. The molecule has 0 N–H and O–H groups in total. The second kappa shape index (κ2) is 10.2. The van der Waals surface area contributed by atoms with Gasteiger partial charge in [0.25, 0.3) is 0 Å². The van der Waals surface area contributed by atoms with E-state index in [0.29, 0.717) is 5.92 Å². The fraction of sp³-hybridized carbons (Fsp3) is 0.600. The minimum absolute atomic E-state index is 0.156. The van der Waals surface area contributed by atoms with Crippen LogP contribution in [0, 0.1) is 53.0 Å². The van der Waals surface area contributed by atoms with Gasteiger partial charge in [0.2, 0.25) is 0 Å². The van der Waals surface area contributed by atoms with E-state index in [9.17, 15) is 13.2 Å². The Kier molecular flexibility index (Phi) is 7.65. The van der Waals surface area contributed by atoms with Crippen LogP contribution in [0.3, 0.4) is 0 Å². The summed E-state index contributed by atoms with van der Waals surface area (Å²) in [5.74, 6) is 5.01. The van der Waals surface area contributed by atoms with Crippen LogP contribution in [0.5, 0.6) is 0 Å². The Morgan fingerprint density at radius 1 is 0.893 bits per heavy atom. The van der Waals surface area contributed by atoms with Crippen LogP contribution in [0.25, 0.3) is 0 Å². The second-order valence-corrected chi connectivity index (χ2v) is 8.63. The molecular formula is C25H31F3. The number of hydrogen-bond acceptors (Lipinski definition) is 0. The molecular weight excluding hydrogens is 357 g/mol. The maximum Gasteiger partial charge on any atom is 0.194 e. The van der Waals surface area contributed by atoms with Crippen molar-refractivity contribution < 1.29 is 13.2 Å². The van der Waals surface area contributed by atoms with Crippen LogP contribution in [-0.4, -0.2) is 0 Å². The smallest absolute Gasteiger partial charge is 0.194 e. The number of halogens is 3. The summed E-state index contributed by atoms with van der Waals surface area (Å²) >= 11 is 0. The van der Waals surface area contributed by atoms with Gasteiger partial charge in [-0.05, 0) is 80.4 Å². The largest absolute Gasteiger partial charge is 0.204 e. The molecule has 2 saturated carbocycles. The molecule has 0 radical (unpaired) electrons. The van der Waals surface area contributed by atoms with E-state index in [4.69, 9.17) is 0 Å². The first-order chi connectivity index (χ1) is 13.6. The molecule has 1 aromatic carbocycles. The molecule has 0 amide bonds. The van der Waals surface area contributed by atoms with Crippen molar-refractivity contribution in [3.63, 3.8) is 0 Å². The lowest BCUT2D eigenvalue weighted by Gasteiger charge is -2.37. The molecule has 2 fully saturated rings. The van der Waals surface area contributed by atoms with Gasteiger partial charge in [-0.2, -0.15) is 0 Å². The third kappa shape index (κ3) is 5.66. The summed E-state index contributed by atoms with van der Waals surface area (Å²) in [6, 6.07) is 1.86. The maximum absolute atomic E-state index is 13.2. The summed E-state index contributed by atoms with van der Waals surface area (Å²) < 4.78 is 39.3. The van der Waals surface area contributed by atoms with Crippen molar-refractivity contribution in [2.75, 3.05) is 0 Å². The SMILES string of the molecule is CCCC1CCC(C2CCC(/C=C/C#Cc3cc(F)c(F)c(F)c3)CC2)CC1. The number of hydrogen-bond donors (Lipinski definition) is 0. The van der Waals surface area contributed by atoms with E-state index in [1.807, 2.05) is 0 Å². The van der Waals surface area contributed by atoms with Gasteiger partial charge in [-0.3, -0.25) is 0 Å². The highest BCUT2D eigenvalue weighted by Crippen LogP contribution is 2.42. The monoisotopic (exact) mass is 388 g/mol. The van der Waals surface area contributed by atoms with Gasteiger partial charge in [0, 0.05) is 5.56 Å². The van der Waals surface area contributed by atoms with Crippen molar-refractivity contribution in [2.24, 2.45) is 23.7 Å². The van der Waals surface area contributed by atoms with Gasteiger partial charge in [0.05, 0.1) is 0 Å². The van der Waals surface area contributed by atoms with Crippen LogP contribution in [0.4, 0.5) is 13.2 Å². The molecule has 0 aromatic heterocycles. The average molecular weight is 389 g/mol. The Balaban J connectivity index is 1.44. The Bertz CT molecular complexity index is 701. The average Bonchev–Trinajstić information content (AvgIpc) is 2.71. The summed E-state index contributed by atoms with van der Waals surface area (Å²) in [4.78, 5) is 0. The summed E-state index contributed by atoms with van der Waals surface area (Å²) in [7, 11) is 0. The molecule has 2 aliphatic carbocycles. The fourth-order valence-corrected chi connectivity index (χ4v) is 5.10. The molecule has 2 aliphatic rings. The predicted octanol–water partition coefficient (Wildman–Crippen LogP) is 7.42. The van der Waals surface area contributed by atoms with Crippen molar-refractivity contribution in [3.8, 4) is 11.8 Å². The fourth-order valence-electron chi connectivity index (χ4n) is 5.10. The zero-order valence-corrected chi connectivity index (χ0v) is 16.8. The van der Waals surface area contributed by atoms with Crippen molar-refractivity contribution in [1.82, 2.24) is 0 Å². The lowest BCUT2D eigenvalue weighted by molar-refractivity contribution is 0.152. The molecule has 1 aromatic rings. The van der Waals surface area contributed by atoms with Gasteiger partial charge in [-0.25, -0.2) is 13.2 Å². The van der Waals surface area contributed by atoms with Crippen LogP contribution in [-0.2, 0) is 0 Å². The van der Waals surface area contributed by atoms with Crippen molar-refractivity contribution in [2.45, 2.75) is 71.1 Å². The van der Waals surface area contributed by atoms with Crippen LogP contribution in [0.2, 0.25) is 0 Å². The second-order valence-electron chi connectivity index (χ2n) is 8.63. The Labute approximate surface area is 167 Å². The standard InChI is InChI=1S/C25H31F3/c1-2-5-18-8-12-21(13-9-18)22-14-10-19(11-15-22)6-3-4-7-20-16-23(26)25(28)24(27)17-20/h3,6,16-19,21-22H,2,5,8-15H2,1H3/b6-3+. The van der Waals surface area contributed by atoms with Gasteiger partial charge in [0.15, 0.2) is 17.5 Å². The maximum atomic E-state index is 13.2.